The number of rotatable bonds is 8. The van der Waals surface area contributed by atoms with E-state index < -0.39 is 26.9 Å². The Balaban J connectivity index is 1.70. The average molecular weight is 639 g/mol. The third kappa shape index (κ3) is 5.12. The standard InChI is InChI=1S/C35H34N4O6S/c1-6-38-28-14-13-22(46(43,44)45)16-26(28)35(4,5)29(38)17-23-32(21(19-36)20-37)24(33(23)42)18-30-34(2,3)25-10-7-8-11-27(25)39(30)15-9-12-31(40)41/h7-8,10-11,13-14,16-18H,6,9,12,15H2,1-5H3,(H2-,40,41,42,43,44,45). The first-order chi connectivity index (χ1) is 21.6. The SMILES string of the molecule is CCN1/C(=C\C2=C(O)C(=C\C3=[N+](CCCC(=O)O)c4ccccc4C3(C)C)/C2=C(C#N)C#N)C(C)(C)c2cc(S(=O)(=O)[O-])ccc21. The van der Waals surface area contributed by atoms with Crippen LogP contribution in [0.15, 0.2) is 93.3 Å². The minimum absolute atomic E-state index is 0.0155. The van der Waals surface area contributed by atoms with Gasteiger partial charge in [-0.3, -0.25) is 4.79 Å². The fourth-order valence-electron chi connectivity index (χ4n) is 6.77. The van der Waals surface area contributed by atoms with E-state index in [-0.39, 0.29) is 28.2 Å². The number of carboxylic acid groups (broad SMARTS) is 1. The molecule has 2 aromatic carbocycles. The molecule has 0 bridgehead atoms. The van der Waals surface area contributed by atoms with Gasteiger partial charge in [0.25, 0.3) is 0 Å². The number of fused-ring (bicyclic) bond motifs is 2. The second-order valence-electron chi connectivity index (χ2n) is 12.5. The van der Waals surface area contributed by atoms with Crippen LogP contribution in [0.4, 0.5) is 11.4 Å². The minimum Gasteiger partial charge on any atom is -0.744 e. The Labute approximate surface area is 268 Å². The zero-order valence-electron chi connectivity index (χ0n) is 26.2. The molecule has 0 spiro atoms. The van der Waals surface area contributed by atoms with Crippen LogP contribution in [0.5, 0.6) is 0 Å². The molecule has 236 valence electrons. The molecule has 2 aliphatic heterocycles. The zero-order valence-corrected chi connectivity index (χ0v) is 27.1. The fraction of sp³-hybridized carbons (Fsp3) is 0.314. The monoisotopic (exact) mass is 638 g/mol. The molecule has 46 heavy (non-hydrogen) atoms. The quantitative estimate of drug-likeness (QED) is 0.211. The normalized spacial score (nSPS) is 19.6. The first-order valence-electron chi connectivity index (χ1n) is 14.9. The highest BCUT2D eigenvalue weighted by molar-refractivity contribution is 7.85. The van der Waals surface area contributed by atoms with Gasteiger partial charge in [0.1, 0.15) is 40.1 Å². The van der Waals surface area contributed by atoms with Crippen molar-refractivity contribution in [3.63, 3.8) is 0 Å². The van der Waals surface area contributed by atoms with E-state index in [4.69, 9.17) is 0 Å². The largest absolute Gasteiger partial charge is 0.744 e. The van der Waals surface area contributed by atoms with E-state index in [1.807, 2.05) is 80.5 Å². The maximum absolute atomic E-state index is 11.8. The molecule has 0 saturated heterocycles. The van der Waals surface area contributed by atoms with Gasteiger partial charge in [0.2, 0.25) is 5.69 Å². The van der Waals surface area contributed by atoms with E-state index in [0.29, 0.717) is 47.6 Å². The molecule has 0 saturated carbocycles. The van der Waals surface area contributed by atoms with Crippen LogP contribution >= 0.6 is 0 Å². The van der Waals surface area contributed by atoms with Crippen LogP contribution in [-0.2, 0) is 25.7 Å². The van der Waals surface area contributed by atoms with Crippen LogP contribution in [0, 0.1) is 22.7 Å². The van der Waals surface area contributed by atoms with Crippen molar-refractivity contribution < 1.29 is 32.6 Å². The summed E-state index contributed by atoms with van der Waals surface area (Å²) in [5.41, 5.74) is 4.13. The Hall–Kier alpha value is -4.97. The summed E-state index contributed by atoms with van der Waals surface area (Å²) in [5.74, 6) is -1.01. The van der Waals surface area contributed by atoms with Gasteiger partial charge in [-0.05, 0) is 50.6 Å². The summed E-state index contributed by atoms with van der Waals surface area (Å²) in [4.78, 5) is 12.9. The number of aliphatic carboxylic acids is 1. The van der Waals surface area contributed by atoms with Gasteiger partial charge in [-0.1, -0.05) is 32.0 Å². The van der Waals surface area contributed by atoms with Crippen molar-refractivity contribution in [2.75, 3.05) is 18.0 Å². The number of carbonyl (C=O) groups is 1. The van der Waals surface area contributed by atoms with Gasteiger partial charge < -0.3 is 19.7 Å². The molecule has 0 amide bonds. The summed E-state index contributed by atoms with van der Waals surface area (Å²) in [5, 5.41) is 40.8. The maximum atomic E-state index is 11.8. The van der Waals surface area contributed by atoms with Crippen LogP contribution in [0.3, 0.4) is 0 Å². The van der Waals surface area contributed by atoms with Crippen LogP contribution in [-0.4, -0.2) is 52.5 Å². The van der Waals surface area contributed by atoms with E-state index >= 15 is 0 Å². The first kappa shape index (κ1) is 32.4. The topological polar surface area (TPSA) is 169 Å². The molecule has 0 atom stereocenters. The summed E-state index contributed by atoms with van der Waals surface area (Å²) < 4.78 is 37.5. The van der Waals surface area contributed by atoms with Crippen molar-refractivity contribution in [3.05, 3.63) is 99.5 Å². The molecule has 1 aliphatic carbocycles. The summed E-state index contributed by atoms with van der Waals surface area (Å²) in [7, 11) is -4.69. The number of benzene rings is 2. The number of nitriles is 2. The third-order valence-corrected chi connectivity index (χ3v) is 9.96. The molecule has 2 aromatic rings. The number of allylic oxidation sites excluding steroid dienone is 6. The number of likely N-dealkylation sites (N-methyl/N-ethyl adjacent to an activating group) is 1. The molecular weight excluding hydrogens is 604 g/mol. The van der Waals surface area contributed by atoms with Crippen molar-refractivity contribution >= 4 is 33.2 Å². The Morgan fingerprint density at radius 1 is 1.04 bits per heavy atom. The van der Waals surface area contributed by atoms with Crippen LogP contribution < -0.4 is 4.90 Å². The Kier molecular flexibility index (Phi) is 8.06. The number of para-hydroxylation sites is 1. The van der Waals surface area contributed by atoms with Crippen molar-refractivity contribution in [3.8, 4) is 12.1 Å². The molecule has 10 nitrogen and oxygen atoms in total. The highest BCUT2D eigenvalue weighted by Gasteiger charge is 2.47. The second-order valence-corrected chi connectivity index (χ2v) is 13.9. The van der Waals surface area contributed by atoms with Crippen LogP contribution in [0.2, 0.25) is 0 Å². The Morgan fingerprint density at radius 3 is 2.33 bits per heavy atom. The predicted octanol–water partition coefficient (Wildman–Crippen LogP) is 5.63. The highest BCUT2D eigenvalue weighted by Crippen LogP contribution is 2.51. The van der Waals surface area contributed by atoms with E-state index in [0.717, 1.165) is 17.0 Å². The molecular formula is C35H34N4O6S. The van der Waals surface area contributed by atoms with Crippen LogP contribution in [0.1, 0.15) is 58.6 Å². The molecule has 0 unspecified atom stereocenters. The summed E-state index contributed by atoms with van der Waals surface area (Å²) in [6.45, 7) is 10.6. The average Bonchev–Trinajstić information content (AvgIpc) is 3.35. The number of hydrogen-bond donors (Lipinski definition) is 2. The van der Waals surface area contributed by atoms with Crippen molar-refractivity contribution in [1.29, 1.82) is 10.5 Å². The van der Waals surface area contributed by atoms with Gasteiger partial charge in [0, 0.05) is 64.2 Å². The van der Waals surface area contributed by atoms with Gasteiger partial charge >= 0.3 is 5.97 Å². The highest BCUT2D eigenvalue weighted by atomic mass is 32.2. The van der Waals surface area contributed by atoms with Crippen molar-refractivity contribution in [2.24, 2.45) is 0 Å². The van der Waals surface area contributed by atoms with E-state index in [1.54, 1.807) is 18.2 Å². The number of carboxylic acids is 1. The molecule has 2 heterocycles. The minimum atomic E-state index is -4.69. The second kappa shape index (κ2) is 11.4. The number of nitrogens with zero attached hydrogens (tertiary/aromatic N) is 4. The van der Waals surface area contributed by atoms with E-state index in [2.05, 4.69) is 0 Å². The van der Waals surface area contributed by atoms with Gasteiger partial charge in [0.15, 0.2) is 5.71 Å². The number of aliphatic hydroxyl groups excluding tert-OH is 1. The smallest absolute Gasteiger partial charge is 0.303 e. The molecule has 0 fully saturated rings. The lowest BCUT2D eigenvalue weighted by atomic mass is 9.74. The number of aliphatic hydroxyl groups is 1. The first-order valence-corrected chi connectivity index (χ1v) is 16.3. The lowest BCUT2D eigenvalue weighted by molar-refractivity contribution is -0.438. The van der Waals surface area contributed by atoms with E-state index in [1.165, 1.54) is 12.1 Å². The van der Waals surface area contributed by atoms with Crippen molar-refractivity contribution in [2.45, 2.75) is 63.2 Å². The van der Waals surface area contributed by atoms with Gasteiger partial charge in [-0.2, -0.15) is 15.1 Å². The van der Waals surface area contributed by atoms with Crippen LogP contribution in [0.25, 0.3) is 0 Å². The Bertz CT molecular complexity index is 2030. The van der Waals surface area contributed by atoms with E-state index in [9.17, 15) is 38.5 Å². The molecule has 0 radical (unpaired) electrons. The predicted molar refractivity (Wildman–Crippen MR) is 171 cm³/mol. The molecule has 11 heteroatoms. The summed E-state index contributed by atoms with van der Waals surface area (Å²) in [6, 6.07) is 16.0. The van der Waals surface area contributed by atoms with Gasteiger partial charge in [-0.15, -0.1) is 0 Å². The molecule has 0 aromatic heterocycles. The lowest BCUT2D eigenvalue weighted by Crippen LogP contribution is -2.30. The molecule has 5 rings (SSSR count). The van der Waals surface area contributed by atoms with Crippen molar-refractivity contribution in [1.82, 2.24) is 0 Å². The van der Waals surface area contributed by atoms with Gasteiger partial charge in [-0.25, -0.2) is 8.42 Å². The zero-order chi connectivity index (χ0) is 33.8. The third-order valence-electron chi connectivity index (χ3n) is 9.12. The van der Waals surface area contributed by atoms with Gasteiger partial charge in [0.05, 0.1) is 16.7 Å². The fourth-order valence-corrected chi connectivity index (χ4v) is 7.26. The molecule has 2 N–H and O–H groups in total. The Morgan fingerprint density at radius 2 is 1.72 bits per heavy atom. The molecule has 3 aliphatic rings. The lowest BCUT2D eigenvalue weighted by Gasteiger charge is -2.31. The number of anilines is 1. The maximum Gasteiger partial charge on any atom is 0.303 e. The number of hydrogen-bond acceptors (Lipinski definition) is 8. The summed E-state index contributed by atoms with van der Waals surface area (Å²) >= 11 is 0. The summed E-state index contributed by atoms with van der Waals surface area (Å²) in [6.07, 6.45) is 3.86.